The van der Waals surface area contributed by atoms with Crippen molar-refractivity contribution in [2.24, 2.45) is 0 Å². The number of rotatable bonds is 5. The SMILES string of the molecule is CCNc1ccc(NCC)c(CC)c1. The van der Waals surface area contributed by atoms with E-state index in [1.54, 1.807) is 0 Å². The second-order valence-corrected chi connectivity index (χ2v) is 3.29. The molecule has 1 rings (SSSR count). The molecule has 0 spiro atoms. The van der Waals surface area contributed by atoms with Gasteiger partial charge in [0.2, 0.25) is 0 Å². The van der Waals surface area contributed by atoms with Crippen LogP contribution < -0.4 is 10.6 Å². The molecule has 0 heterocycles. The molecule has 2 nitrogen and oxygen atoms in total. The van der Waals surface area contributed by atoms with Crippen LogP contribution >= 0.6 is 0 Å². The quantitative estimate of drug-likeness (QED) is 0.749. The third kappa shape index (κ3) is 2.66. The van der Waals surface area contributed by atoms with E-state index < -0.39 is 0 Å². The van der Waals surface area contributed by atoms with Gasteiger partial charge in [-0.15, -0.1) is 0 Å². The Morgan fingerprint density at radius 3 is 2.29 bits per heavy atom. The van der Waals surface area contributed by atoms with Crippen LogP contribution in [0.5, 0.6) is 0 Å². The number of anilines is 2. The van der Waals surface area contributed by atoms with E-state index in [1.807, 2.05) is 0 Å². The summed E-state index contributed by atoms with van der Waals surface area (Å²) in [6, 6.07) is 6.50. The van der Waals surface area contributed by atoms with E-state index in [0.717, 1.165) is 19.5 Å². The number of hydrogen-bond acceptors (Lipinski definition) is 2. The fourth-order valence-electron chi connectivity index (χ4n) is 1.56. The average Bonchev–Trinajstić information content (AvgIpc) is 2.21. The third-order valence-electron chi connectivity index (χ3n) is 2.23. The normalized spacial score (nSPS) is 9.93. The smallest absolute Gasteiger partial charge is 0.0374 e. The van der Waals surface area contributed by atoms with E-state index in [-0.39, 0.29) is 0 Å². The van der Waals surface area contributed by atoms with Crippen LogP contribution in [0.1, 0.15) is 26.3 Å². The molecule has 0 aliphatic rings. The maximum atomic E-state index is 3.37. The van der Waals surface area contributed by atoms with Gasteiger partial charge >= 0.3 is 0 Å². The first-order chi connectivity index (χ1) is 6.81. The summed E-state index contributed by atoms with van der Waals surface area (Å²) >= 11 is 0. The Morgan fingerprint density at radius 2 is 1.71 bits per heavy atom. The molecule has 0 radical (unpaired) electrons. The molecule has 0 bridgehead atoms. The summed E-state index contributed by atoms with van der Waals surface area (Å²) in [6.45, 7) is 8.38. The predicted octanol–water partition coefficient (Wildman–Crippen LogP) is 3.11. The lowest BCUT2D eigenvalue weighted by molar-refractivity contribution is 1.11. The Kier molecular flexibility index (Phi) is 4.30. The molecule has 0 atom stereocenters. The van der Waals surface area contributed by atoms with Gasteiger partial charge in [-0.2, -0.15) is 0 Å². The molecule has 0 unspecified atom stereocenters. The third-order valence-corrected chi connectivity index (χ3v) is 2.23. The van der Waals surface area contributed by atoms with Crippen molar-refractivity contribution in [3.63, 3.8) is 0 Å². The van der Waals surface area contributed by atoms with Crippen molar-refractivity contribution in [1.82, 2.24) is 0 Å². The van der Waals surface area contributed by atoms with E-state index in [0.29, 0.717) is 0 Å². The summed E-state index contributed by atoms with van der Waals surface area (Å²) in [5.41, 5.74) is 3.85. The Hall–Kier alpha value is -1.18. The Balaban J connectivity index is 2.87. The minimum Gasteiger partial charge on any atom is -0.385 e. The van der Waals surface area contributed by atoms with Crippen LogP contribution in [-0.2, 0) is 6.42 Å². The first kappa shape index (κ1) is 10.9. The Morgan fingerprint density at radius 1 is 1.00 bits per heavy atom. The minimum absolute atomic E-state index is 0.976. The average molecular weight is 192 g/mol. The van der Waals surface area contributed by atoms with Gasteiger partial charge < -0.3 is 10.6 Å². The van der Waals surface area contributed by atoms with Crippen molar-refractivity contribution in [3.8, 4) is 0 Å². The van der Waals surface area contributed by atoms with Crippen LogP contribution in [-0.4, -0.2) is 13.1 Å². The molecule has 1 aromatic carbocycles. The molecule has 1 aromatic rings. The van der Waals surface area contributed by atoms with Crippen LogP contribution in [0.3, 0.4) is 0 Å². The lowest BCUT2D eigenvalue weighted by Crippen LogP contribution is -2.02. The predicted molar refractivity (Wildman–Crippen MR) is 64.1 cm³/mol. The zero-order chi connectivity index (χ0) is 10.4. The van der Waals surface area contributed by atoms with Crippen LogP contribution in [0.15, 0.2) is 18.2 Å². The van der Waals surface area contributed by atoms with Crippen molar-refractivity contribution in [2.45, 2.75) is 27.2 Å². The number of benzene rings is 1. The lowest BCUT2D eigenvalue weighted by Gasteiger charge is -2.11. The molecule has 0 amide bonds. The van der Waals surface area contributed by atoms with E-state index in [4.69, 9.17) is 0 Å². The molecule has 2 heteroatoms. The van der Waals surface area contributed by atoms with Gasteiger partial charge in [0.15, 0.2) is 0 Å². The molecular formula is C12H20N2. The zero-order valence-electron chi connectivity index (χ0n) is 9.35. The highest BCUT2D eigenvalue weighted by Gasteiger charge is 2.00. The van der Waals surface area contributed by atoms with E-state index >= 15 is 0 Å². The monoisotopic (exact) mass is 192 g/mol. The van der Waals surface area contributed by atoms with Crippen molar-refractivity contribution in [2.75, 3.05) is 23.7 Å². The Labute approximate surface area is 86.7 Å². The van der Waals surface area contributed by atoms with Crippen LogP contribution in [0.4, 0.5) is 11.4 Å². The maximum Gasteiger partial charge on any atom is 0.0374 e. The molecule has 0 saturated carbocycles. The maximum absolute atomic E-state index is 3.37. The molecular weight excluding hydrogens is 172 g/mol. The fourth-order valence-corrected chi connectivity index (χ4v) is 1.56. The van der Waals surface area contributed by atoms with Crippen LogP contribution in [0.2, 0.25) is 0 Å². The summed E-state index contributed by atoms with van der Waals surface area (Å²) in [5.74, 6) is 0. The highest BCUT2D eigenvalue weighted by molar-refractivity contribution is 5.59. The van der Waals surface area contributed by atoms with Gasteiger partial charge in [0, 0.05) is 24.5 Å². The summed E-state index contributed by atoms with van der Waals surface area (Å²) in [5, 5.41) is 6.69. The van der Waals surface area contributed by atoms with Crippen molar-refractivity contribution >= 4 is 11.4 Å². The first-order valence-electron chi connectivity index (χ1n) is 5.42. The standard InChI is InChI=1S/C12H20N2/c1-4-10-9-11(13-5-2)7-8-12(10)14-6-3/h7-9,13-14H,4-6H2,1-3H3. The number of aryl methyl sites for hydroxylation is 1. The molecule has 0 aromatic heterocycles. The van der Waals surface area contributed by atoms with E-state index in [2.05, 4.69) is 49.6 Å². The summed E-state index contributed by atoms with van der Waals surface area (Å²) < 4.78 is 0. The molecule has 0 fully saturated rings. The van der Waals surface area contributed by atoms with Crippen molar-refractivity contribution < 1.29 is 0 Å². The fraction of sp³-hybridized carbons (Fsp3) is 0.500. The molecule has 0 aliphatic carbocycles. The zero-order valence-corrected chi connectivity index (χ0v) is 9.35. The van der Waals surface area contributed by atoms with Gasteiger partial charge in [0.1, 0.15) is 0 Å². The second-order valence-electron chi connectivity index (χ2n) is 3.29. The molecule has 0 saturated heterocycles. The molecule has 14 heavy (non-hydrogen) atoms. The van der Waals surface area contributed by atoms with Crippen LogP contribution in [0.25, 0.3) is 0 Å². The first-order valence-corrected chi connectivity index (χ1v) is 5.42. The number of nitrogens with one attached hydrogen (secondary N) is 2. The highest BCUT2D eigenvalue weighted by Crippen LogP contribution is 2.20. The summed E-state index contributed by atoms with van der Waals surface area (Å²) in [4.78, 5) is 0. The summed E-state index contributed by atoms with van der Waals surface area (Å²) in [6.07, 6.45) is 1.07. The number of hydrogen-bond donors (Lipinski definition) is 2. The van der Waals surface area contributed by atoms with Crippen LogP contribution in [0, 0.1) is 0 Å². The molecule has 0 aliphatic heterocycles. The lowest BCUT2D eigenvalue weighted by atomic mass is 10.1. The van der Waals surface area contributed by atoms with Gasteiger partial charge in [0.05, 0.1) is 0 Å². The van der Waals surface area contributed by atoms with Gasteiger partial charge in [-0.05, 0) is 44.0 Å². The molecule has 78 valence electrons. The van der Waals surface area contributed by atoms with Crippen molar-refractivity contribution in [3.05, 3.63) is 23.8 Å². The van der Waals surface area contributed by atoms with Gasteiger partial charge in [-0.1, -0.05) is 6.92 Å². The molecule has 2 N–H and O–H groups in total. The van der Waals surface area contributed by atoms with Gasteiger partial charge in [-0.25, -0.2) is 0 Å². The van der Waals surface area contributed by atoms with Gasteiger partial charge in [-0.3, -0.25) is 0 Å². The highest BCUT2D eigenvalue weighted by atomic mass is 14.9. The van der Waals surface area contributed by atoms with E-state index in [1.165, 1.54) is 16.9 Å². The summed E-state index contributed by atoms with van der Waals surface area (Å²) in [7, 11) is 0. The Bertz CT molecular complexity index is 282. The minimum atomic E-state index is 0.976. The second kappa shape index (κ2) is 5.53. The topological polar surface area (TPSA) is 24.1 Å². The van der Waals surface area contributed by atoms with Crippen molar-refractivity contribution in [1.29, 1.82) is 0 Å². The van der Waals surface area contributed by atoms with E-state index in [9.17, 15) is 0 Å². The largest absolute Gasteiger partial charge is 0.385 e. The van der Waals surface area contributed by atoms with Gasteiger partial charge in [0.25, 0.3) is 0 Å².